The van der Waals surface area contributed by atoms with Gasteiger partial charge in [-0.05, 0) is 36.2 Å². The molecule has 0 fully saturated rings. The number of aromatic nitrogens is 1. The number of rotatable bonds is 5. The Morgan fingerprint density at radius 3 is 2.13 bits per heavy atom. The normalized spacial score (nSPS) is 10.3. The van der Waals surface area contributed by atoms with Crippen LogP contribution < -0.4 is 4.90 Å². The van der Waals surface area contributed by atoms with E-state index < -0.39 is 0 Å². The van der Waals surface area contributed by atoms with Crippen LogP contribution in [0.15, 0.2) is 85.1 Å². The van der Waals surface area contributed by atoms with Crippen molar-refractivity contribution in [2.75, 3.05) is 11.4 Å². The van der Waals surface area contributed by atoms with Crippen LogP contribution in [-0.2, 0) is 6.42 Å². The second kappa shape index (κ2) is 7.36. The van der Waals surface area contributed by atoms with Crippen molar-refractivity contribution < 1.29 is 4.79 Å². The average Bonchev–Trinajstić information content (AvgIpc) is 2.64. The van der Waals surface area contributed by atoms with Gasteiger partial charge < -0.3 is 4.90 Å². The van der Waals surface area contributed by atoms with Crippen molar-refractivity contribution in [2.45, 2.75) is 6.42 Å². The van der Waals surface area contributed by atoms with E-state index in [-0.39, 0.29) is 5.91 Å². The highest BCUT2D eigenvalue weighted by molar-refractivity contribution is 6.04. The molecule has 0 bridgehead atoms. The molecule has 0 spiro atoms. The predicted molar refractivity (Wildman–Crippen MR) is 92.5 cm³/mol. The van der Waals surface area contributed by atoms with E-state index in [1.807, 2.05) is 60.7 Å². The Balaban J connectivity index is 1.84. The number of carbonyl (C=O) groups excluding carboxylic acids is 1. The van der Waals surface area contributed by atoms with Gasteiger partial charge in [-0.25, -0.2) is 0 Å². The van der Waals surface area contributed by atoms with Crippen LogP contribution in [0.25, 0.3) is 0 Å². The zero-order valence-electron chi connectivity index (χ0n) is 12.8. The number of hydrogen-bond acceptors (Lipinski definition) is 2. The van der Waals surface area contributed by atoms with Gasteiger partial charge >= 0.3 is 0 Å². The third-order valence-corrected chi connectivity index (χ3v) is 3.66. The SMILES string of the molecule is O=C(c1ccccn1)N(CCc1ccccc1)c1ccccc1. The van der Waals surface area contributed by atoms with Gasteiger partial charge in [0.25, 0.3) is 5.91 Å². The summed E-state index contributed by atoms with van der Waals surface area (Å²) in [4.78, 5) is 18.8. The van der Waals surface area contributed by atoms with Crippen molar-refractivity contribution in [3.8, 4) is 0 Å². The summed E-state index contributed by atoms with van der Waals surface area (Å²) in [6, 6.07) is 25.3. The molecule has 0 unspecified atom stereocenters. The van der Waals surface area contributed by atoms with Crippen LogP contribution in [0, 0.1) is 0 Å². The summed E-state index contributed by atoms with van der Waals surface area (Å²) < 4.78 is 0. The Kier molecular flexibility index (Phi) is 4.79. The first kappa shape index (κ1) is 15.0. The smallest absolute Gasteiger partial charge is 0.276 e. The molecule has 0 aliphatic rings. The molecule has 0 radical (unpaired) electrons. The Hall–Kier alpha value is -2.94. The van der Waals surface area contributed by atoms with Gasteiger partial charge in [0.05, 0.1) is 0 Å². The van der Waals surface area contributed by atoms with Crippen LogP contribution >= 0.6 is 0 Å². The molecular formula is C20H18N2O. The fraction of sp³-hybridized carbons (Fsp3) is 0.100. The van der Waals surface area contributed by atoms with Gasteiger partial charge in [-0.1, -0.05) is 54.6 Å². The number of nitrogens with zero attached hydrogens (tertiary/aromatic N) is 2. The standard InChI is InChI=1S/C20H18N2O/c23-20(19-13-7-8-15-21-19)22(18-11-5-2-6-12-18)16-14-17-9-3-1-4-10-17/h1-13,15H,14,16H2. The number of anilines is 1. The summed E-state index contributed by atoms with van der Waals surface area (Å²) in [5.41, 5.74) is 2.56. The molecule has 1 amide bonds. The Morgan fingerprint density at radius 1 is 0.826 bits per heavy atom. The lowest BCUT2D eigenvalue weighted by molar-refractivity contribution is 0.0982. The fourth-order valence-corrected chi connectivity index (χ4v) is 2.47. The topological polar surface area (TPSA) is 33.2 Å². The first-order chi connectivity index (χ1) is 11.3. The van der Waals surface area contributed by atoms with Gasteiger partial charge in [0.15, 0.2) is 0 Å². The molecule has 3 rings (SSSR count). The van der Waals surface area contributed by atoms with Gasteiger partial charge in [-0.2, -0.15) is 0 Å². The zero-order valence-corrected chi connectivity index (χ0v) is 12.8. The second-order valence-electron chi connectivity index (χ2n) is 5.24. The van der Waals surface area contributed by atoms with Crippen molar-refractivity contribution in [1.82, 2.24) is 4.98 Å². The lowest BCUT2D eigenvalue weighted by Crippen LogP contribution is -2.33. The molecule has 3 heteroatoms. The summed E-state index contributed by atoms with van der Waals surface area (Å²) in [7, 11) is 0. The number of carbonyl (C=O) groups is 1. The Bertz CT molecular complexity index is 742. The molecule has 3 aromatic rings. The van der Waals surface area contributed by atoms with Crippen molar-refractivity contribution in [3.05, 3.63) is 96.3 Å². The van der Waals surface area contributed by atoms with Crippen LogP contribution in [0.3, 0.4) is 0 Å². The van der Waals surface area contributed by atoms with Crippen molar-refractivity contribution in [3.63, 3.8) is 0 Å². The molecule has 3 nitrogen and oxygen atoms in total. The van der Waals surface area contributed by atoms with E-state index in [1.54, 1.807) is 17.2 Å². The maximum Gasteiger partial charge on any atom is 0.276 e. The minimum atomic E-state index is -0.0762. The monoisotopic (exact) mass is 302 g/mol. The van der Waals surface area contributed by atoms with E-state index in [0.29, 0.717) is 12.2 Å². The molecule has 0 aliphatic carbocycles. The van der Waals surface area contributed by atoms with Gasteiger partial charge in [-0.3, -0.25) is 9.78 Å². The zero-order chi connectivity index (χ0) is 15.9. The van der Waals surface area contributed by atoms with E-state index in [4.69, 9.17) is 0 Å². The van der Waals surface area contributed by atoms with Gasteiger partial charge in [0, 0.05) is 18.4 Å². The quantitative estimate of drug-likeness (QED) is 0.714. The molecule has 1 aromatic heterocycles. The highest BCUT2D eigenvalue weighted by Gasteiger charge is 2.18. The van der Waals surface area contributed by atoms with Gasteiger partial charge in [-0.15, -0.1) is 0 Å². The molecule has 23 heavy (non-hydrogen) atoms. The molecule has 1 heterocycles. The largest absolute Gasteiger partial charge is 0.307 e. The highest BCUT2D eigenvalue weighted by atomic mass is 16.2. The van der Waals surface area contributed by atoms with Crippen molar-refractivity contribution >= 4 is 11.6 Å². The predicted octanol–water partition coefficient (Wildman–Crippen LogP) is 3.97. The molecule has 0 saturated carbocycles. The summed E-state index contributed by atoms with van der Waals surface area (Å²) in [6.07, 6.45) is 2.45. The molecule has 2 aromatic carbocycles. The van der Waals surface area contributed by atoms with E-state index in [0.717, 1.165) is 12.1 Å². The summed E-state index contributed by atoms with van der Waals surface area (Å²) in [5, 5.41) is 0. The van der Waals surface area contributed by atoms with Crippen LogP contribution in [0.2, 0.25) is 0 Å². The second-order valence-corrected chi connectivity index (χ2v) is 5.24. The number of benzene rings is 2. The summed E-state index contributed by atoms with van der Waals surface area (Å²) in [6.45, 7) is 0.615. The number of amides is 1. The average molecular weight is 302 g/mol. The minimum Gasteiger partial charge on any atom is -0.307 e. The Morgan fingerprint density at radius 2 is 1.48 bits per heavy atom. The number of hydrogen-bond donors (Lipinski definition) is 0. The fourth-order valence-electron chi connectivity index (χ4n) is 2.47. The maximum atomic E-state index is 12.8. The van der Waals surface area contributed by atoms with Gasteiger partial charge in [0.1, 0.15) is 5.69 Å². The number of pyridine rings is 1. The van der Waals surface area contributed by atoms with E-state index in [2.05, 4.69) is 17.1 Å². The van der Waals surface area contributed by atoms with Crippen molar-refractivity contribution in [2.24, 2.45) is 0 Å². The number of para-hydroxylation sites is 1. The molecule has 0 saturated heterocycles. The van der Waals surface area contributed by atoms with Crippen molar-refractivity contribution in [1.29, 1.82) is 0 Å². The molecule has 0 atom stereocenters. The van der Waals surface area contributed by atoms with Gasteiger partial charge in [0.2, 0.25) is 0 Å². The summed E-state index contributed by atoms with van der Waals surface area (Å²) >= 11 is 0. The van der Waals surface area contributed by atoms with E-state index in [1.165, 1.54) is 5.56 Å². The first-order valence-corrected chi connectivity index (χ1v) is 7.66. The molecule has 0 aliphatic heterocycles. The van der Waals surface area contributed by atoms with Crippen LogP contribution in [-0.4, -0.2) is 17.4 Å². The third kappa shape index (κ3) is 3.83. The Labute approximate surface area is 136 Å². The molecule has 0 N–H and O–H groups in total. The molecule has 114 valence electrons. The van der Waals surface area contributed by atoms with E-state index in [9.17, 15) is 4.79 Å². The third-order valence-electron chi connectivity index (χ3n) is 3.66. The lowest BCUT2D eigenvalue weighted by atomic mass is 10.1. The van der Waals surface area contributed by atoms with E-state index >= 15 is 0 Å². The van der Waals surface area contributed by atoms with Crippen LogP contribution in [0.4, 0.5) is 5.69 Å². The maximum absolute atomic E-state index is 12.8. The summed E-state index contributed by atoms with van der Waals surface area (Å²) in [5.74, 6) is -0.0762. The lowest BCUT2D eigenvalue weighted by Gasteiger charge is -2.22. The van der Waals surface area contributed by atoms with Crippen LogP contribution in [0.1, 0.15) is 16.1 Å². The van der Waals surface area contributed by atoms with Crippen LogP contribution in [0.5, 0.6) is 0 Å². The minimum absolute atomic E-state index is 0.0762. The highest BCUT2D eigenvalue weighted by Crippen LogP contribution is 2.17. The molecular weight excluding hydrogens is 284 g/mol. The first-order valence-electron chi connectivity index (χ1n) is 7.66.